The zero-order valence-corrected chi connectivity index (χ0v) is 16.2. The molecule has 0 saturated carbocycles. The molecule has 2 aromatic carbocycles. The minimum Gasteiger partial charge on any atom is -0.494 e. The first-order chi connectivity index (χ1) is 12.6. The highest BCUT2D eigenvalue weighted by molar-refractivity contribution is 6.03. The number of hydrogen-bond donors (Lipinski definition) is 3. The lowest BCUT2D eigenvalue weighted by atomic mass is 10.1. The maximum absolute atomic E-state index is 12.3. The molecule has 0 aliphatic heterocycles. The number of rotatable bonds is 9. The molecule has 0 atom stereocenters. The molecule has 2 rings (SSSR count). The van der Waals surface area contributed by atoms with Gasteiger partial charge in [0.1, 0.15) is 5.75 Å². The summed E-state index contributed by atoms with van der Waals surface area (Å²) in [6.45, 7) is 3.31. The molecule has 0 unspecified atom stereocenters. The highest BCUT2D eigenvalue weighted by atomic mass is 35.5. The van der Waals surface area contributed by atoms with E-state index < -0.39 is 0 Å². The summed E-state index contributed by atoms with van der Waals surface area (Å²) >= 11 is 0. The van der Waals surface area contributed by atoms with E-state index in [9.17, 15) is 9.59 Å². The van der Waals surface area contributed by atoms with Crippen LogP contribution < -0.4 is 21.1 Å². The number of nitrogens with two attached hydrogens (primary N) is 1. The molecular formula is C20H26ClN3O3. The van der Waals surface area contributed by atoms with Gasteiger partial charge in [-0.05, 0) is 43.2 Å². The number of ether oxygens (including phenoxy) is 1. The van der Waals surface area contributed by atoms with E-state index in [0.29, 0.717) is 43.8 Å². The number of carbonyl (C=O) groups is 2. The maximum Gasteiger partial charge on any atom is 0.253 e. The third kappa shape index (κ3) is 7.29. The van der Waals surface area contributed by atoms with Gasteiger partial charge >= 0.3 is 0 Å². The molecule has 2 aromatic rings. The first-order valence-electron chi connectivity index (χ1n) is 8.73. The Hall–Kier alpha value is -2.57. The van der Waals surface area contributed by atoms with Crippen molar-refractivity contribution in [1.29, 1.82) is 0 Å². The van der Waals surface area contributed by atoms with Crippen molar-refractivity contribution in [3.8, 4) is 5.75 Å². The Morgan fingerprint density at radius 2 is 1.78 bits per heavy atom. The van der Waals surface area contributed by atoms with Crippen molar-refractivity contribution in [2.45, 2.75) is 19.8 Å². The Labute approximate surface area is 165 Å². The predicted molar refractivity (Wildman–Crippen MR) is 110 cm³/mol. The van der Waals surface area contributed by atoms with Crippen molar-refractivity contribution in [3.05, 3.63) is 59.7 Å². The van der Waals surface area contributed by atoms with Crippen LogP contribution in [-0.2, 0) is 11.2 Å². The Kier molecular flexibility index (Phi) is 9.93. The van der Waals surface area contributed by atoms with E-state index >= 15 is 0 Å². The molecular weight excluding hydrogens is 366 g/mol. The number of para-hydroxylation sites is 1. The molecule has 0 bridgehead atoms. The van der Waals surface area contributed by atoms with Gasteiger partial charge in [0.2, 0.25) is 5.91 Å². The molecule has 0 radical (unpaired) electrons. The summed E-state index contributed by atoms with van der Waals surface area (Å²) in [6.07, 6.45) is 0.937. The van der Waals surface area contributed by atoms with Gasteiger partial charge in [0, 0.05) is 19.5 Å². The van der Waals surface area contributed by atoms with Crippen molar-refractivity contribution in [2.24, 2.45) is 5.73 Å². The van der Waals surface area contributed by atoms with Gasteiger partial charge in [-0.2, -0.15) is 0 Å². The number of amides is 2. The molecule has 0 aliphatic rings. The van der Waals surface area contributed by atoms with Gasteiger partial charge in [0.25, 0.3) is 5.91 Å². The smallest absolute Gasteiger partial charge is 0.253 e. The number of aryl methyl sites for hydroxylation is 1. The molecule has 0 aliphatic carbocycles. The van der Waals surface area contributed by atoms with Gasteiger partial charge in [0.05, 0.1) is 17.9 Å². The molecule has 146 valence electrons. The fourth-order valence-electron chi connectivity index (χ4n) is 2.46. The largest absolute Gasteiger partial charge is 0.494 e. The van der Waals surface area contributed by atoms with Gasteiger partial charge in [-0.3, -0.25) is 9.59 Å². The van der Waals surface area contributed by atoms with Gasteiger partial charge in [-0.15, -0.1) is 12.4 Å². The number of halogens is 1. The van der Waals surface area contributed by atoms with Crippen molar-refractivity contribution < 1.29 is 14.3 Å². The summed E-state index contributed by atoms with van der Waals surface area (Å²) in [5, 5.41) is 5.52. The van der Waals surface area contributed by atoms with Crippen LogP contribution >= 0.6 is 12.4 Å². The first kappa shape index (κ1) is 22.5. The van der Waals surface area contributed by atoms with Gasteiger partial charge in [-0.1, -0.05) is 24.3 Å². The predicted octanol–water partition coefficient (Wildman–Crippen LogP) is 2.77. The van der Waals surface area contributed by atoms with Crippen molar-refractivity contribution in [2.75, 3.05) is 25.0 Å². The molecule has 7 heteroatoms. The van der Waals surface area contributed by atoms with Crippen molar-refractivity contribution >= 4 is 29.9 Å². The van der Waals surface area contributed by atoms with Crippen LogP contribution in [0.25, 0.3) is 0 Å². The van der Waals surface area contributed by atoms with Crippen molar-refractivity contribution in [3.63, 3.8) is 0 Å². The minimum atomic E-state index is -0.252. The quantitative estimate of drug-likeness (QED) is 0.612. The molecule has 0 aromatic heterocycles. The lowest BCUT2D eigenvalue weighted by Crippen LogP contribution is -2.30. The highest BCUT2D eigenvalue weighted by Crippen LogP contribution is 2.17. The highest BCUT2D eigenvalue weighted by Gasteiger charge is 2.12. The minimum absolute atomic E-state index is 0. The average molecular weight is 392 g/mol. The fourth-order valence-corrected chi connectivity index (χ4v) is 2.46. The van der Waals surface area contributed by atoms with Gasteiger partial charge in [-0.25, -0.2) is 0 Å². The Bertz CT molecular complexity index is 736. The van der Waals surface area contributed by atoms with Gasteiger partial charge < -0.3 is 21.1 Å². The van der Waals surface area contributed by atoms with E-state index in [1.54, 1.807) is 24.3 Å². The van der Waals surface area contributed by atoms with E-state index in [1.165, 1.54) is 0 Å². The molecule has 0 fully saturated rings. The standard InChI is InChI=1S/C20H25N3O3.ClH/c1-2-26-16-10-7-15(8-11-16)9-12-19(24)23-18-6-4-3-5-17(18)20(25)22-14-13-21;/h3-8,10-11H,2,9,12-14,21H2,1H3,(H,22,25)(H,23,24);1H. The maximum atomic E-state index is 12.3. The first-order valence-corrected chi connectivity index (χ1v) is 8.73. The van der Waals surface area contributed by atoms with E-state index in [4.69, 9.17) is 10.5 Å². The number of carbonyl (C=O) groups excluding carboxylic acids is 2. The van der Waals surface area contributed by atoms with Crippen LogP contribution in [0, 0.1) is 0 Å². The van der Waals surface area contributed by atoms with Crippen LogP contribution in [0.2, 0.25) is 0 Å². The molecule has 4 N–H and O–H groups in total. The van der Waals surface area contributed by atoms with E-state index in [2.05, 4.69) is 10.6 Å². The van der Waals surface area contributed by atoms with E-state index in [0.717, 1.165) is 11.3 Å². The third-order valence-corrected chi connectivity index (χ3v) is 3.75. The topological polar surface area (TPSA) is 93.4 Å². The molecule has 6 nitrogen and oxygen atoms in total. The molecule has 0 saturated heterocycles. The van der Waals surface area contributed by atoms with Crippen LogP contribution in [0.1, 0.15) is 29.3 Å². The van der Waals surface area contributed by atoms with Crippen LogP contribution in [0.5, 0.6) is 5.75 Å². The average Bonchev–Trinajstić information content (AvgIpc) is 2.66. The summed E-state index contributed by atoms with van der Waals surface area (Å²) in [5.41, 5.74) is 7.38. The normalized spacial score (nSPS) is 9.85. The Morgan fingerprint density at radius 1 is 1.07 bits per heavy atom. The second-order valence-corrected chi connectivity index (χ2v) is 5.72. The van der Waals surface area contributed by atoms with Crippen LogP contribution in [0.4, 0.5) is 5.69 Å². The van der Waals surface area contributed by atoms with Crippen molar-refractivity contribution in [1.82, 2.24) is 5.32 Å². The number of hydrogen-bond acceptors (Lipinski definition) is 4. The summed E-state index contributed by atoms with van der Waals surface area (Å²) in [7, 11) is 0. The monoisotopic (exact) mass is 391 g/mol. The van der Waals surface area contributed by atoms with Crippen LogP contribution in [-0.4, -0.2) is 31.5 Å². The molecule has 0 heterocycles. The summed E-state index contributed by atoms with van der Waals surface area (Å²) < 4.78 is 5.40. The summed E-state index contributed by atoms with van der Waals surface area (Å²) in [4.78, 5) is 24.4. The molecule has 2 amide bonds. The lowest BCUT2D eigenvalue weighted by Gasteiger charge is -2.11. The summed E-state index contributed by atoms with van der Waals surface area (Å²) in [5.74, 6) is 0.425. The third-order valence-electron chi connectivity index (χ3n) is 3.75. The van der Waals surface area contributed by atoms with Gasteiger partial charge in [0.15, 0.2) is 0 Å². The SMILES string of the molecule is CCOc1ccc(CCC(=O)Nc2ccccc2C(=O)NCCN)cc1.Cl. The number of anilines is 1. The number of nitrogens with one attached hydrogen (secondary N) is 2. The molecule has 27 heavy (non-hydrogen) atoms. The van der Waals surface area contributed by atoms with E-state index in [-0.39, 0.29) is 24.2 Å². The fraction of sp³-hybridized carbons (Fsp3) is 0.300. The zero-order valence-electron chi connectivity index (χ0n) is 15.4. The van der Waals surface area contributed by atoms with Crippen LogP contribution in [0.3, 0.4) is 0 Å². The summed E-state index contributed by atoms with van der Waals surface area (Å²) in [6, 6.07) is 14.6. The lowest BCUT2D eigenvalue weighted by molar-refractivity contribution is -0.116. The second kappa shape index (κ2) is 11.9. The Balaban J connectivity index is 0.00000364. The Morgan fingerprint density at radius 3 is 2.44 bits per heavy atom. The molecule has 0 spiro atoms. The zero-order chi connectivity index (χ0) is 18.8. The van der Waals surface area contributed by atoms with E-state index in [1.807, 2.05) is 31.2 Å². The number of benzene rings is 2. The van der Waals surface area contributed by atoms with Crippen LogP contribution in [0.15, 0.2) is 48.5 Å². The second-order valence-electron chi connectivity index (χ2n) is 5.72.